The molecular formula is C18H24N2O. The number of nitrogens with two attached hydrogens (primary N) is 1. The summed E-state index contributed by atoms with van der Waals surface area (Å²) in [4.78, 5) is 2.32. The van der Waals surface area contributed by atoms with Crippen LogP contribution >= 0.6 is 0 Å². The summed E-state index contributed by atoms with van der Waals surface area (Å²) in [7, 11) is 2.12. The van der Waals surface area contributed by atoms with Crippen LogP contribution < -0.4 is 5.73 Å². The largest absolute Gasteiger partial charge is 0.507 e. The van der Waals surface area contributed by atoms with E-state index in [9.17, 15) is 5.11 Å². The number of benzene rings is 2. The lowest BCUT2D eigenvalue weighted by atomic mass is 9.98. The molecule has 0 amide bonds. The zero-order valence-electron chi connectivity index (χ0n) is 12.8. The first-order chi connectivity index (χ1) is 10.1. The Kier molecular flexibility index (Phi) is 3.87. The van der Waals surface area contributed by atoms with Gasteiger partial charge in [-0.1, -0.05) is 36.4 Å². The van der Waals surface area contributed by atoms with E-state index in [4.69, 9.17) is 5.73 Å². The lowest BCUT2D eigenvalue weighted by Gasteiger charge is -2.33. The molecule has 2 aromatic rings. The van der Waals surface area contributed by atoms with E-state index in [0.717, 1.165) is 22.3 Å². The molecule has 0 bridgehead atoms. The Hall–Kier alpha value is -1.58. The van der Waals surface area contributed by atoms with Crippen molar-refractivity contribution in [2.45, 2.75) is 31.8 Å². The van der Waals surface area contributed by atoms with Crippen LogP contribution in [-0.2, 0) is 0 Å². The summed E-state index contributed by atoms with van der Waals surface area (Å²) >= 11 is 0. The van der Waals surface area contributed by atoms with Crippen LogP contribution in [0.3, 0.4) is 0 Å². The molecule has 0 spiro atoms. The van der Waals surface area contributed by atoms with Gasteiger partial charge in [0, 0.05) is 29.6 Å². The molecule has 112 valence electrons. The minimum Gasteiger partial charge on any atom is -0.507 e. The van der Waals surface area contributed by atoms with E-state index in [0.29, 0.717) is 18.3 Å². The van der Waals surface area contributed by atoms with Crippen LogP contribution in [0, 0.1) is 5.92 Å². The van der Waals surface area contributed by atoms with Crippen LogP contribution in [0.25, 0.3) is 10.8 Å². The fourth-order valence-electron chi connectivity index (χ4n) is 3.29. The Bertz CT molecular complexity index is 636. The minimum atomic E-state index is 0.156. The second kappa shape index (κ2) is 5.66. The first kappa shape index (κ1) is 14.4. The third kappa shape index (κ3) is 2.63. The zero-order chi connectivity index (χ0) is 15.0. The normalized spacial score (nSPS) is 18.1. The Balaban J connectivity index is 1.93. The molecular weight excluding hydrogens is 260 g/mol. The topological polar surface area (TPSA) is 49.5 Å². The van der Waals surface area contributed by atoms with Crippen molar-refractivity contribution in [2.75, 3.05) is 13.6 Å². The van der Waals surface area contributed by atoms with Gasteiger partial charge in [0.25, 0.3) is 0 Å². The number of phenolic OH excluding ortho intramolecular Hbond substituents is 1. The molecule has 2 aromatic carbocycles. The molecule has 0 heterocycles. The Morgan fingerprint density at radius 3 is 2.62 bits per heavy atom. The number of nitrogens with zero attached hydrogens (tertiary/aromatic N) is 1. The van der Waals surface area contributed by atoms with Gasteiger partial charge in [-0.25, -0.2) is 0 Å². The van der Waals surface area contributed by atoms with E-state index in [-0.39, 0.29) is 6.04 Å². The van der Waals surface area contributed by atoms with Crippen molar-refractivity contribution < 1.29 is 5.11 Å². The predicted molar refractivity (Wildman–Crippen MR) is 87.4 cm³/mol. The van der Waals surface area contributed by atoms with Crippen LogP contribution in [0.1, 0.15) is 31.4 Å². The second-order valence-electron chi connectivity index (χ2n) is 6.21. The summed E-state index contributed by atoms with van der Waals surface area (Å²) in [5.41, 5.74) is 6.94. The highest BCUT2D eigenvalue weighted by molar-refractivity contribution is 5.89. The zero-order valence-corrected chi connectivity index (χ0v) is 12.8. The number of phenols is 1. The Morgan fingerprint density at radius 2 is 1.95 bits per heavy atom. The average Bonchev–Trinajstić information content (AvgIpc) is 3.33. The van der Waals surface area contributed by atoms with Crippen molar-refractivity contribution in [3.63, 3.8) is 0 Å². The van der Waals surface area contributed by atoms with Gasteiger partial charge in [-0.3, -0.25) is 4.90 Å². The van der Waals surface area contributed by atoms with Gasteiger partial charge in [-0.15, -0.1) is 0 Å². The van der Waals surface area contributed by atoms with Crippen molar-refractivity contribution in [3.05, 3.63) is 42.0 Å². The summed E-state index contributed by atoms with van der Waals surface area (Å²) in [5, 5.41) is 12.6. The predicted octanol–water partition coefficient (Wildman–Crippen LogP) is 3.28. The van der Waals surface area contributed by atoms with Gasteiger partial charge < -0.3 is 10.8 Å². The van der Waals surface area contributed by atoms with E-state index < -0.39 is 0 Å². The van der Waals surface area contributed by atoms with Crippen molar-refractivity contribution in [1.29, 1.82) is 0 Å². The molecule has 2 unspecified atom stereocenters. The minimum absolute atomic E-state index is 0.156. The second-order valence-corrected chi connectivity index (χ2v) is 6.21. The van der Waals surface area contributed by atoms with Crippen molar-refractivity contribution in [1.82, 2.24) is 4.90 Å². The third-order valence-electron chi connectivity index (χ3n) is 4.92. The van der Waals surface area contributed by atoms with Crippen LogP contribution in [0.5, 0.6) is 5.75 Å². The highest BCUT2D eigenvalue weighted by Crippen LogP contribution is 2.40. The number of fused-ring (bicyclic) bond motifs is 1. The summed E-state index contributed by atoms with van der Waals surface area (Å²) in [6.45, 7) is 2.83. The fourth-order valence-corrected chi connectivity index (χ4v) is 3.29. The van der Waals surface area contributed by atoms with Gasteiger partial charge in [-0.2, -0.15) is 0 Å². The molecule has 0 saturated heterocycles. The maximum atomic E-state index is 10.6. The number of likely N-dealkylation sites (N-methyl/N-ethyl adjacent to an activating group) is 1. The lowest BCUT2D eigenvalue weighted by Crippen LogP contribution is -2.41. The number of rotatable bonds is 5. The standard InChI is InChI=1S/C18H24N2O/c1-12(20(2)17(11-19)14-7-8-14)15-10-9-13-5-3-4-6-16(13)18(15)21/h3-6,9-10,12,14,17,21H,7-8,11,19H2,1-2H3. The van der Waals surface area contributed by atoms with E-state index in [1.165, 1.54) is 12.8 Å². The highest BCUT2D eigenvalue weighted by Gasteiger charge is 2.35. The third-order valence-corrected chi connectivity index (χ3v) is 4.92. The lowest BCUT2D eigenvalue weighted by molar-refractivity contribution is 0.168. The van der Waals surface area contributed by atoms with E-state index in [1.54, 1.807) is 0 Å². The van der Waals surface area contributed by atoms with E-state index >= 15 is 0 Å². The van der Waals surface area contributed by atoms with Gasteiger partial charge in [-0.05, 0) is 38.1 Å². The molecule has 3 nitrogen and oxygen atoms in total. The maximum absolute atomic E-state index is 10.6. The fraction of sp³-hybridized carbons (Fsp3) is 0.444. The van der Waals surface area contributed by atoms with Crippen LogP contribution in [-0.4, -0.2) is 29.6 Å². The van der Waals surface area contributed by atoms with Gasteiger partial charge in [0.15, 0.2) is 0 Å². The quantitative estimate of drug-likeness (QED) is 0.886. The number of hydrogen-bond acceptors (Lipinski definition) is 3. The van der Waals surface area contributed by atoms with Crippen molar-refractivity contribution in [2.24, 2.45) is 11.7 Å². The summed E-state index contributed by atoms with van der Waals surface area (Å²) in [6.07, 6.45) is 2.56. The summed E-state index contributed by atoms with van der Waals surface area (Å²) in [5.74, 6) is 1.13. The van der Waals surface area contributed by atoms with Gasteiger partial charge >= 0.3 is 0 Å². The molecule has 0 radical (unpaired) electrons. The van der Waals surface area contributed by atoms with Crippen LogP contribution in [0.15, 0.2) is 36.4 Å². The maximum Gasteiger partial charge on any atom is 0.128 e. The molecule has 0 aromatic heterocycles. The molecule has 3 heteroatoms. The smallest absolute Gasteiger partial charge is 0.128 e. The molecule has 0 aliphatic heterocycles. The number of hydrogen-bond donors (Lipinski definition) is 2. The molecule has 1 aliphatic rings. The monoisotopic (exact) mass is 284 g/mol. The van der Waals surface area contributed by atoms with Gasteiger partial charge in [0.1, 0.15) is 5.75 Å². The molecule has 3 N–H and O–H groups in total. The molecule has 21 heavy (non-hydrogen) atoms. The summed E-state index contributed by atoms with van der Waals surface area (Å²) < 4.78 is 0. The molecule has 2 atom stereocenters. The van der Waals surface area contributed by atoms with Crippen molar-refractivity contribution in [3.8, 4) is 5.75 Å². The first-order valence-electron chi connectivity index (χ1n) is 7.76. The van der Waals surface area contributed by atoms with Crippen molar-refractivity contribution >= 4 is 10.8 Å². The molecule has 3 rings (SSSR count). The van der Waals surface area contributed by atoms with Crippen LogP contribution in [0.4, 0.5) is 0 Å². The SMILES string of the molecule is CC(c1ccc2ccccc2c1O)N(C)C(CN)C1CC1. The average molecular weight is 284 g/mol. The van der Waals surface area contributed by atoms with Crippen LogP contribution in [0.2, 0.25) is 0 Å². The first-order valence-corrected chi connectivity index (χ1v) is 7.76. The summed E-state index contributed by atoms with van der Waals surface area (Å²) in [6, 6.07) is 12.7. The Morgan fingerprint density at radius 1 is 1.24 bits per heavy atom. The van der Waals surface area contributed by atoms with Gasteiger partial charge in [0.05, 0.1) is 0 Å². The van der Waals surface area contributed by atoms with Gasteiger partial charge in [0.2, 0.25) is 0 Å². The molecule has 1 aliphatic carbocycles. The number of aromatic hydroxyl groups is 1. The Labute approximate surface area is 126 Å². The van der Waals surface area contributed by atoms with E-state index in [2.05, 4.69) is 24.9 Å². The molecule has 1 fully saturated rings. The van der Waals surface area contributed by atoms with E-state index in [1.807, 2.05) is 30.3 Å². The molecule has 1 saturated carbocycles. The highest BCUT2D eigenvalue weighted by atomic mass is 16.3.